The first kappa shape index (κ1) is 13.9. The minimum Gasteiger partial charge on any atom is -0.319 e. The van der Waals surface area contributed by atoms with Crippen molar-refractivity contribution in [3.05, 3.63) is 34.9 Å². The van der Waals surface area contributed by atoms with Gasteiger partial charge >= 0.3 is 12.1 Å². The molecule has 6 heteroatoms. The highest BCUT2D eigenvalue weighted by Crippen LogP contribution is 2.43. The molecule has 1 aromatic carbocycles. The summed E-state index contributed by atoms with van der Waals surface area (Å²) in [5.74, 6) is -4.94. The molecule has 96 valence electrons. The maximum absolute atomic E-state index is 13.0. The molecule has 0 saturated heterocycles. The quantitative estimate of drug-likeness (QED) is 0.802. The Morgan fingerprint density at radius 1 is 1.06 bits per heavy atom. The smallest absolute Gasteiger partial charge is 0.319 e. The van der Waals surface area contributed by atoms with E-state index >= 15 is 0 Å². The molecule has 1 atom stereocenters. The molecule has 0 aliphatic carbocycles. The van der Waals surface area contributed by atoms with E-state index in [0.717, 1.165) is 5.56 Å². The van der Waals surface area contributed by atoms with Crippen LogP contribution < -0.4 is 5.73 Å². The summed E-state index contributed by atoms with van der Waals surface area (Å²) in [5.41, 5.74) is 5.94. The van der Waals surface area contributed by atoms with E-state index in [1.54, 1.807) is 6.92 Å². The molecular formula is C11H12F5N. The number of halogens is 5. The Kier molecular flexibility index (Phi) is 3.47. The molecule has 0 fully saturated rings. The second kappa shape index (κ2) is 4.25. The minimum atomic E-state index is -5.65. The van der Waals surface area contributed by atoms with Gasteiger partial charge in [0, 0.05) is 0 Å². The van der Waals surface area contributed by atoms with Crippen molar-refractivity contribution in [2.45, 2.75) is 32.0 Å². The van der Waals surface area contributed by atoms with Gasteiger partial charge in [-0.15, -0.1) is 0 Å². The first-order valence-corrected chi connectivity index (χ1v) is 4.84. The van der Waals surface area contributed by atoms with Crippen molar-refractivity contribution in [3.63, 3.8) is 0 Å². The Labute approximate surface area is 95.4 Å². The lowest BCUT2D eigenvalue weighted by Crippen LogP contribution is -2.46. The van der Waals surface area contributed by atoms with Crippen LogP contribution in [-0.2, 0) is 0 Å². The zero-order valence-electron chi connectivity index (χ0n) is 9.28. The molecule has 17 heavy (non-hydrogen) atoms. The van der Waals surface area contributed by atoms with Crippen LogP contribution in [0.5, 0.6) is 0 Å². The number of rotatable bonds is 2. The van der Waals surface area contributed by atoms with E-state index in [1.807, 2.05) is 0 Å². The molecule has 1 unspecified atom stereocenters. The summed E-state index contributed by atoms with van der Waals surface area (Å²) < 4.78 is 62.5. The minimum absolute atomic E-state index is 0.196. The van der Waals surface area contributed by atoms with Crippen LogP contribution in [0.15, 0.2) is 18.2 Å². The molecule has 0 aliphatic rings. The second-order valence-corrected chi connectivity index (χ2v) is 3.96. The van der Waals surface area contributed by atoms with Gasteiger partial charge in [0.1, 0.15) is 6.04 Å². The van der Waals surface area contributed by atoms with Crippen molar-refractivity contribution in [1.29, 1.82) is 0 Å². The topological polar surface area (TPSA) is 26.0 Å². The van der Waals surface area contributed by atoms with Gasteiger partial charge in [-0.1, -0.05) is 23.8 Å². The first-order chi connectivity index (χ1) is 7.57. The Hall–Kier alpha value is -1.17. The Morgan fingerprint density at radius 3 is 2.00 bits per heavy atom. The first-order valence-electron chi connectivity index (χ1n) is 4.84. The highest BCUT2D eigenvalue weighted by atomic mass is 19.4. The number of alkyl halides is 5. The van der Waals surface area contributed by atoms with Gasteiger partial charge in [-0.3, -0.25) is 0 Å². The molecule has 0 radical (unpaired) electrons. The number of benzene rings is 1. The van der Waals surface area contributed by atoms with Gasteiger partial charge in [0.2, 0.25) is 0 Å². The summed E-state index contributed by atoms with van der Waals surface area (Å²) in [5, 5.41) is 0. The molecule has 0 heterocycles. The Bertz CT molecular complexity index is 411. The zero-order chi connectivity index (χ0) is 13.4. The SMILES string of the molecule is Cc1ccc(C(N)C(F)(F)C(F)(F)F)c(C)c1. The molecule has 0 aliphatic heterocycles. The van der Waals surface area contributed by atoms with Crippen LogP contribution in [0.1, 0.15) is 22.7 Å². The maximum atomic E-state index is 13.0. The van der Waals surface area contributed by atoms with Gasteiger partial charge in [0.25, 0.3) is 0 Å². The normalized spacial score (nSPS) is 14.8. The fraction of sp³-hybridized carbons (Fsp3) is 0.455. The lowest BCUT2D eigenvalue weighted by atomic mass is 9.95. The lowest BCUT2D eigenvalue weighted by Gasteiger charge is -2.27. The van der Waals surface area contributed by atoms with E-state index in [1.165, 1.54) is 25.1 Å². The molecule has 0 bridgehead atoms. The molecular weight excluding hydrogens is 241 g/mol. The second-order valence-electron chi connectivity index (χ2n) is 3.96. The molecule has 1 nitrogen and oxygen atoms in total. The summed E-state index contributed by atoms with van der Waals surface area (Å²) in [6, 6.07) is 1.79. The van der Waals surface area contributed by atoms with Crippen LogP contribution in [0.25, 0.3) is 0 Å². The number of nitrogens with two attached hydrogens (primary N) is 1. The van der Waals surface area contributed by atoms with E-state index in [0.29, 0.717) is 5.56 Å². The van der Waals surface area contributed by atoms with Gasteiger partial charge in [0.05, 0.1) is 0 Å². The third-order valence-electron chi connectivity index (χ3n) is 2.53. The molecule has 0 saturated carbocycles. The van der Waals surface area contributed by atoms with Crippen LogP contribution >= 0.6 is 0 Å². The Morgan fingerprint density at radius 2 is 1.59 bits per heavy atom. The molecule has 1 rings (SSSR count). The van der Waals surface area contributed by atoms with Gasteiger partial charge < -0.3 is 5.73 Å². The molecule has 1 aromatic rings. The van der Waals surface area contributed by atoms with Crippen molar-refractivity contribution >= 4 is 0 Å². The van der Waals surface area contributed by atoms with Crippen molar-refractivity contribution in [1.82, 2.24) is 0 Å². The van der Waals surface area contributed by atoms with Crippen LogP contribution in [0, 0.1) is 13.8 Å². The van der Waals surface area contributed by atoms with Crippen LogP contribution in [0.3, 0.4) is 0 Å². The van der Waals surface area contributed by atoms with E-state index in [9.17, 15) is 22.0 Å². The molecule has 0 spiro atoms. The summed E-state index contributed by atoms with van der Waals surface area (Å²) >= 11 is 0. The third-order valence-corrected chi connectivity index (χ3v) is 2.53. The number of aryl methyl sites for hydroxylation is 2. The van der Waals surface area contributed by atoms with Gasteiger partial charge in [0.15, 0.2) is 0 Å². The standard InChI is InChI=1S/C11H12F5N/c1-6-3-4-8(7(2)5-6)9(17)10(12,13)11(14,15)16/h3-5,9H,17H2,1-2H3. The fourth-order valence-electron chi connectivity index (χ4n) is 1.55. The van der Waals surface area contributed by atoms with Crippen molar-refractivity contribution in [2.75, 3.05) is 0 Å². The molecule has 0 amide bonds. The highest BCUT2D eigenvalue weighted by Gasteiger charge is 2.61. The molecule has 2 N–H and O–H groups in total. The monoisotopic (exact) mass is 253 g/mol. The van der Waals surface area contributed by atoms with E-state index < -0.39 is 18.1 Å². The Balaban J connectivity index is 3.17. The summed E-state index contributed by atoms with van der Waals surface area (Å²) in [6.45, 7) is 3.17. The predicted molar refractivity (Wildman–Crippen MR) is 53.8 cm³/mol. The van der Waals surface area contributed by atoms with Gasteiger partial charge in [-0.05, 0) is 25.0 Å². The zero-order valence-corrected chi connectivity index (χ0v) is 9.28. The van der Waals surface area contributed by atoms with Crippen LogP contribution in [0.2, 0.25) is 0 Å². The molecule has 0 aromatic heterocycles. The van der Waals surface area contributed by atoms with Crippen molar-refractivity contribution < 1.29 is 22.0 Å². The fourth-order valence-corrected chi connectivity index (χ4v) is 1.55. The largest absolute Gasteiger partial charge is 0.455 e. The van der Waals surface area contributed by atoms with E-state index in [4.69, 9.17) is 5.73 Å². The van der Waals surface area contributed by atoms with Crippen LogP contribution in [-0.4, -0.2) is 12.1 Å². The summed E-state index contributed by atoms with van der Waals surface area (Å²) in [7, 11) is 0. The third kappa shape index (κ3) is 2.57. The van der Waals surface area contributed by atoms with Crippen molar-refractivity contribution in [3.8, 4) is 0 Å². The number of hydrogen-bond donors (Lipinski definition) is 1. The van der Waals surface area contributed by atoms with E-state index in [2.05, 4.69) is 0 Å². The summed E-state index contributed by atoms with van der Waals surface area (Å²) in [4.78, 5) is 0. The van der Waals surface area contributed by atoms with Crippen molar-refractivity contribution in [2.24, 2.45) is 5.73 Å². The van der Waals surface area contributed by atoms with Crippen LogP contribution in [0.4, 0.5) is 22.0 Å². The average molecular weight is 253 g/mol. The van der Waals surface area contributed by atoms with E-state index in [-0.39, 0.29) is 5.56 Å². The van der Waals surface area contributed by atoms with Gasteiger partial charge in [-0.25, -0.2) is 0 Å². The predicted octanol–water partition coefficient (Wildman–Crippen LogP) is 3.50. The highest BCUT2D eigenvalue weighted by molar-refractivity contribution is 5.34. The lowest BCUT2D eigenvalue weighted by molar-refractivity contribution is -0.291. The van der Waals surface area contributed by atoms with Gasteiger partial charge in [-0.2, -0.15) is 22.0 Å². The number of hydrogen-bond acceptors (Lipinski definition) is 1. The average Bonchev–Trinajstić information content (AvgIpc) is 2.14. The maximum Gasteiger partial charge on any atom is 0.455 e. The summed E-state index contributed by atoms with van der Waals surface area (Å²) in [6.07, 6.45) is -5.65.